The molecule has 0 aliphatic rings. The fourth-order valence-electron chi connectivity index (χ4n) is 2.97. The molecule has 0 bridgehead atoms. The van der Waals surface area contributed by atoms with Crippen LogP contribution in [0.1, 0.15) is 21.6 Å². The molecule has 1 aromatic carbocycles. The third-order valence-corrected chi connectivity index (χ3v) is 4.54. The fourth-order valence-corrected chi connectivity index (χ4v) is 2.97. The standard InChI is InChI=1S/C23H19N5O/c1-16-12-19(8-10-24-16)18-4-2-17(3-5-18)13-26-23(29)21-6-7-22(25-14-21)20-9-11-27-28-15-20/h2-12,14-15H,13H2,1H3,(H,26,29). The number of amides is 1. The van der Waals surface area contributed by atoms with E-state index in [4.69, 9.17) is 0 Å². The van der Waals surface area contributed by atoms with Crippen LogP contribution < -0.4 is 5.32 Å². The monoisotopic (exact) mass is 381 g/mol. The molecular formula is C23H19N5O. The van der Waals surface area contributed by atoms with E-state index >= 15 is 0 Å². The van der Waals surface area contributed by atoms with E-state index in [1.807, 2.05) is 37.4 Å². The van der Waals surface area contributed by atoms with Crippen molar-refractivity contribution in [3.05, 3.63) is 96.2 Å². The summed E-state index contributed by atoms with van der Waals surface area (Å²) < 4.78 is 0. The third-order valence-electron chi connectivity index (χ3n) is 4.54. The lowest BCUT2D eigenvalue weighted by atomic mass is 10.0. The van der Waals surface area contributed by atoms with E-state index in [2.05, 4.69) is 43.7 Å². The SMILES string of the molecule is Cc1cc(-c2ccc(CNC(=O)c3ccc(-c4ccnnc4)nc3)cc2)ccn1. The van der Waals surface area contributed by atoms with Gasteiger partial charge in [0.15, 0.2) is 0 Å². The van der Waals surface area contributed by atoms with Crippen LogP contribution in [0.2, 0.25) is 0 Å². The largest absolute Gasteiger partial charge is 0.348 e. The molecule has 0 spiro atoms. The van der Waals surface area contributed by atoms with Crippen molar-refractivity contribution in [3.8, 4) is 22.4 Å². The Morgan fingerprint density at radius 1 is 0.828 bits per heavy atom. The van der Waals surface area contributed by atoms with Gasteiger partial charge in [0.1, 0.15) is 0 Å². The first-order chi connectivity index (χ1) is 14.2. The highest BCUT2D eigenvalue weighted by Gasteiger charge is 2.07. The van der Waals surface area contributed by atoms with Gasteiger partial charge < -0.3 is 5.32 Å². The van der Waals surface area contributed by atoms with E-state index in [-0.39, 0.29) is 5.91 Å². The molecule has 0 atom stereocenters. The molecule has 6 heteroatoms. The number of aromatic nitrogens is 4. The maximum absolute atomic E-state index is 12.4. The van der Waals surface area contributed by atoms with Gasteiger partial charge in [0.05, 0.1) is 23.7 Å². The van der Waals surface area contributed by atoms with Crippen molar-refractivity contribution >= 4 is 5.91 Å². The van der Waals surface area contributed by atoms with Crippen LogP contribution in [0, 0.1) is 6.92 Å². The Morgan fingerprint density at radius 3 is 2.34 bits per heavy atom. The minimum Gasteiger partial charge on any atom is -0.348 e. The zero-order chi connectivity index (χ0) is 20.1. The van der Waals surface area contributed by atoms with Gasteiger partial charge in [0, 0.05) is 30.2 Å². The molecule has 0 aliphatic carbocycles. The Bertz CT molecular complexity index is 1110. The van der Waals surface area contributed by atoms with Crippen molar-refractivity contribution < 1.29 is 4.79 Å². The number of carbonyl (C=O) groups is 1. The second kappa shape index (κ2) is 8.39. The van der Waals surface area contributed by atoms with E-state index in [0.29, 0.717) is 12.1 Å². The Morgan fingerprint density at radius 2 is 1.66 bits per heavy atom. The van der Waals surface area contributed by atoms with Crippen LogP contribution in [0.15, 0.2) is 79.4 Å². The first-order valence-corrected chi connectivity index (χ1v) is 9.22. The van der Waals surface area contributed by atoms with Crippen molar-refractivity contribution in [2.75, 3.05) is 0 Å². The first kappa shape index (κ1) is 18.4. The summed E-state index contributed by atoms with van der Waals surface area (Å²) in [5, 5.41) is 10.5. The van der Waals surface area contributed by atoms with Gasteiger partial charge in [0.2, 0.25) is 0 Å². The van der Waals surface area contributed by atoms with Crippen LogP contribution in [0.4, 0.5) is 0 Å². The van der Waals surface area contributed by atoms with Crippen LogP contribution in [0.5, 0.6) is 0 Å². The number of hydrogen-bond donors (Lipinski definition) is 1. The van der Waals surface area contributed by atoms with E-state index < -0.39 is 0 Å². The molecule has 6 nitrogen and oxygen atoms in total. The number of rotatable bonds is 5. The van der Waals surface area contributed by atoms with Crippen LogP contribution in [-0.4, -0.2) is 26.1 Å². The minimum absolute atomic E-state index is 0.161. The van der Waals surface area contributed by atoms with Crippen molar-refractivity contribution in [1.82, 2.24) is 25.5 Å². The molecule has 1 N–H and O–H groups in total. The highest BCUT2D eigenvalue weighted by molar-refractivity contribution is 5.94. The number of nitrogens with one attached hydrogen (secondary N) is 1. The molecule has 3 aromatic heterocycles. The lowest BCUT2D eigenvalue weighted by Crippen LogP contribution is -2.22. The second-order valence-electron chi connectivity index (χ2n) is 6.63. The van der Waals surface area contributed by atoms with E-state index in [0.717, 1.165) is 33.6 Å². The Balaban J connectivity index is 1.38. The Hall–Kier alpha value is -3.93. The molecule has 142 valence electrons. The van der Waals surface area contributed by atoms with Gasteiger partial charge in [-0.3, -0.25) is 14.8 Å². The van der Waals surface area contributed by atoms with Crippen molar-refractivity contribution in [3.63, 3.8) is 0 Å². The van der Waals surface area contributed by atoms with Gasteiger partial charge in [0.25, 0.3) is 5.91 Å². The Kier molecular flexibility index (Phi) is 5.33. The number of hydrogen-bond acceptors (Lipinski definition) is 5. The molecule has 0 saturated carbocycles. The van der Waals surface area contributed by atoms with E-state index in [9.17, 15) is 4.79 Å². The lowest BCUT2D eigenvalue weighted by Gasteiger charge is -2.08. The van der Waals surface area contributed by atoms with Gasteiger partial charge in [-0.05, 0) is 53.9 Å². The number of carbonyl (C=O) groups excluding carboxylic acids is 1. The summed E-state index contributed by atoms with van der Waals surface area (Å²) in [7, 11) is 0. The number of pyridine rings is 2. The number of benzene rings is 1. The van der Waals surface area contributed by atoms with Crippen LogP contribution in [0.25, 0.3) is 22.4 Å². The van der Waals surface area contributed by atoms with Crippen molar-refractivity contribution in [1.29, 1.82) is 0 Å². The maximum atomic E-state index is 12.4. The van der Waals surface area contributed by atoms with E-state index in [1.165, 1.54) is 0 Å². The van der Waals surface area contributed by atoms with Gasteiger partial charge in [-0.15, -0.1) is 0 Å². The molecule has 3 heterocycles. The second-order valence-corrected chi connectivity index (χ2v) is 6.63. The van der Waals surface area contributed by atoms with Crippen LogP contribution in [0.3, 0.4) is 0 Å². The highest BCUT2D eigenvalue weighted by Crippen LogP contribution is 2.20. The summed E-state index contributed by atoms with van der Waals surface area (Å²) in [6.45, 7) is 2.42. The first-order valence-electron chi connectivity index (χ1n) is 9.22. The summed E-state index contributed by atoms with van der Waals surface area (Å²) in [6.07, 6.45) is 6.63. The minimum atomic E-state index is -0.161. The molecule has 4 rings (SSSR count). The summed E-state index contributed by atoms with van der Waals surface area (Å²) >= 11 is 0. The molecule has 0 aliphatic heterocycles. The predicted octanol–water partition coefficient (Wildman–Crippen LogP) is 3.84. The van der Waals surface area contributed by atoms with Gasteiger partial charge in [-0.2, -0.15) is 10.2 Å². The predicted molar refractivity (Wildman–Crippen MR) is 111 cm³/mol. The average Bonchev–Trinajstić information content (AvgIpc) is 2.78. The van der Waals surface area contributed by atoms with Crippen LogP contribution >= 0.6 is 0 Å². The maximum Gasteiger partial charge on any atom is 0.253 e. The zero-order valence-electron chi connectivity index (χ0n) is 15.9. The summed E-state index contributed by atoms with van der Waals surface area (Å²) in [4.78, 5) is 21.0. The smallest absolute Gasteiger partial charge is 0.253 e. The molecule has 0 radical (unpaired) electrons. The summed E-state index contributed by atoms with van der Waals surface area (Å²) in [5.41, 5.74) is 6.38. The summed E-state index contributed by atoms with van der Waals surface area (Å²) in [5.74, 6) is -0.161. The molecule has 0 saturated heterocycles. The molecule has 29 heavy (non-hydrogen) atoms. The Labute approximate surface area is 168 Å². The quantitative estimate of drug-likeness (QED) is 0.568. The van der Waals surface area contributed by atoms with Gasteiger partial charge >= 0.3 is 0 Å². The average molecular weight is 381 g/mol. The third kappa shape index (κ3) is 4.50. The molecule has 1 amide bonds. The molecule has 4 aromatic rings. The zero-order valence-corrected chi connectivity index (χ0v) is 15.9. The highest BCUT2D eigenvalue weighted by atomic mass is 16.1. The normalized spacial score (nSPS) is 10.5. The number of aryl methyl sites for hydroxylation is 1. The van der Waals surface area contributed by atoms with Crippen LogP contribution in [-0.2, 0) is 6.54 Å². The topological polar surface area (TPSA) is 80.7 Å². The number of nitrogens with zero attached hydrogens (tertiary/aromatic N) is 4. The molecule has 0 unspecified atom stereocenters. The van der Waals surface area contributed by atoms with Gasteiger partial charge in [-0.25, -0.2) is 0 Å². The molecular weight excluding hydrogens is 362 g/mol. The van der Waals surface area contributed by atoms with Crippen molar-refractivity contribution in [2.24, 2.45) is 0 Å². The van der Waals surface area contributed by atoms with Gasteiger partial charge in [-0.1, -0.05) is 24.3 Å². The summed E-state index contributed by atoms with van der Waals surface area (Å²) in [6, 6.07) is 17.6. The van der Waals surface area contributed by atoms with E-state index in [1.54, 1.807) is 30.7 Å². The van der Waals surface area contributed by atoms with Crippen molar-refractivity contribution in [2.45, 2.75) is 13.5 Å². The fraction of sp³-hybridized carbons (Fsp3) is 0.0870. The lowest BCUT2D eigenvalue weighted by molar-refractivity contribution is 0.0950. The molecule has 0 fully saturated rings.